The minimum atomic E-state index is 0.241. The monoisotopic (exact) mass is 492 g/mol. The Morgan fingerprint density at radius 3 is 1.90 bits per heavy atom. The van der Waals surface area contributed by atoms with Crippen molar-refractivity contribution < 1.29 is 0 Å². The van der Waals surface area contributed by atoms with Gasteiger partial charge in [-0.25, -0.2) is 0 Å². The van der Waals surface area contributed by atoms with Crippen LogP contribution in [0.5, 0.6) is 0 Å². The molecule has 0 amide bonds. The van der Waals surface area contributed by atoms with Gasteiger partial charge in [0.05, 0.1) is 12.4 Å². The first-order valence-electron chi connectivity index (χ1n) is 7.25. The lowest BCUT2D eigenvalue weighted by molar-refractivity contribution is 0.975. The van der Waals surface area contributed by atoms with Gasteiger partial charge < -0.3 is 0 Å². The van der Waals surface area contributed by atoms with Gasteiger partial charge in [0.2, 0.25) is 0 Å². The maximum atomic E-state index is 3.94. The first kappa shape index (κ1) is 17.7. The second kappa shape index (κ2) is 7.76. The fourth-order valence-electron chi connectivity index (χ4n) is 2.65. The van der Waals surface area contributed by atoms with E-state index in [-0.39, 0.29) is 4.83 Å². The molecule has 0 N–H and O–H groups in total. The van der Waals surface area contributed by atoms with Crippen LogP contribution in [0.3, 0.4) is 0 Å². The fourth-order valence-corrected chi connectivity index (χ4v) is 6.96. The molecule has 0 nitrogen and oxygen atoms in total. The third kappa shape index (κ3) is 3.82. The van der Waals surface area contributed by atoms with Crippen molar-refractivity contribution in [3.8, 4) is 0 Å². The number of thiophene rings is 1. The maximum Gasteiger partial charge on any atom is 0.0757 e. The van der Waals surface area contributed by atoms with Gasteiger partial charge in [0.1, 0.15) is 0 Å². The van der Waals surface area contributed by atoms with Crippen molar-refractivity contribution in [2.45, 2.75) is 44.9 Å². The van der Waals surface area contributed by atoms with E-state index < -0.39 is 0 Å². The van der Waals surface area contributed by atoms with Crippen LogP contribution in [0.4, 0.5) is 0 Å². The first-order chi connectivity index (χ1) is 10.0. The van der Waals surface area contributed by atoms with Gasteiger partial charge in [0, 0.05) is 0 Å². The third-order valence-electron chi connectivity index (χ3n) is 3.79. The number of rotatable bonds is 5. The molecule has 0 saturated heterocycles. The molecule has 2 aromatic rings. The van der Waals surface area contributed by atoms with Gasteiger partial charge in [-0.2, -0.15) is 0 Å². The van der Waals surface area contributed by atoms with E-state index in [9.17, 15) is 0 Å². The lowest BCUT2D eigenvalue weighted by Gasteiger charge is -2.20. The molecule has 0 aliphatic rings. The molecule has 4 heteroatoms. The zero-order valence-electron chi connectivity index (χ0n) is 12.5. The number of hydrogen-bond acceptors (Lipinski definition) is 1. The Kier molecular flexibility index (Phi) is 6.54. The summed E-state index contributed by atoms with van der Waals surface area (Å²) in [6, 6.07) is 6.96. The molecule has 0 radical (unpaired) electrons. The fraction of sp³-hybridized carbons (Fsp3) is 0.412. The minimum Gasteiger partial charge on any atom is -0.121 e. The van der Waals surface area contributed by atoms with E-state index in [4.69, 9.17) is 0 Å². The van der Waals surface area contributed by atoms with E-state index in [1.54, 1.807) is 11.3 Å². The second-order valence-electron chi connectivity index (χ2n) is 5.03. The minimum absolute atomic E-state index is 0.241. The van der Waals surface area contributed by atoms with Crippen molar-refractivity contribution in [1.29, 1.82) is 0 Å². The highest BCUT2D eigenvalue weighted by molar-refractivity contribution is 9.12. The summed E-state index contributed by atoms with van der Waals surface area (Å²) in [6.45, 7) is 6.72. The topological polar surface area (TPSA) is 0 Å². The summed E-state index contributed by atoms with van der Waals surface area (Å²) in [6.07, 6.45) is 3.24. The molecule has 2 rings (SSSR count). The van der Waals surface area contributed by atoms with Crippen LogP contribution in [0.2, 0.25) is 0 Å². The maximum absolute atomic E-state index is 3.94. The van der Waals surface area contributed by atoms with Crippen molar-refractivity contribution in [1.82, 2.24) is 0 Å². The largest absolute Gasteiger partial charge is 0.121 e. The quantitative estimate of drug-likeness (QED) is 0.379. The standard InChI is InChI=1S/C17H19Br3S/c1-4-10-7-11(5-2)15(12(6-3)8-10)16(19)13-9-14(18)21-17(13)20/h7-9,16H,4-6H2,1-3H3. The van der Waals surface area contributed by atoms with Crippen LogP contribution in [0.15, 0.2) is 25.8 Å². The molecular formula is C17H19Br3S. The normalized spacial score (nSPS) is 12.7. The van der Waals surface area contributed by atoms with Gasteiger partial charge in [-0.3, -0.25) is 0 Å². The van der Waals surface area contributed by atoms with Crippen LogP contribution in [0.25, 0.3) is 0 Å². The van der Waals surface area contributed by atoms with Crippen LogP contribution >= 0.6 is 59.1 Å². The van der Waals surface area contributed by atoms with E-state index in [1.165, 1.54) is 31.6 Å². The molecule has 21 heavy (non-hydrogen) atoms. The number of aryl methyl sites for hydroxylation is 3. The average Bonchev–Trinajstić information content (AvgIpc) is 2.83. The molecule has 1 unspecified atom stereocenters. The van der Waals surface area contributed by atoms with Crippen LogP contribution in [0.1, 0.15) is 53.4 Å². The number of alkyl halides is 1. The summed E-state index contributed by atoms with van der Waals surface area (Å²) in [4.78, 5) is 0.241. The van der Waals surface area contributed by atoms with Gasteiger partial charge in [-0.1, -0.05) is 48.8 Å². The van der Waals surface area contributed by atoms with Gasteiger partial charge in [-0.15, -0.1) is 11.3 Å². The lowest BCUT2D eigenvalue weighted by atomic mass is 9.90. The summed E-state index contributed by atoms with van der Waals surface area (Å²) in [7, 11) is 0. The summed E-state index contributed by atoms with van der Waals surface area (Å²) in [5.41, 5.74) is 7.12. The Bertz CT molecular complexity index is 606. The second-order valence-corrected chi connectivity index (χ2v) is 9.70. The number of halogens is 3. The predicted octanol–water partition coefficient (Wildman–Crippen LogP) is 7.44. The highest BCUT2D eigenvalue weighted by Crippen LogP contribution is 2.44. The molecule has 0 bridgehead atoms. The van der Waals surface area contributed by atoms with Crippen molar-refractivity contribution in [2.75, 3.05) is 0 Å². The van der Waals surface area contributed by atoms with Crippen molar-refractivity contribution in [3.05, 3.63) is 53.6 Å². The van der Waals surface area contributed by atoms with E-state index in [0.717, 1.165) is 23.0 Å². The Morgan fingerprint density at radius 2 is 1.52 bits per heavy atom. The Hall–Kier alpha value is 0.360. The Morgan fingerprint density at radius 1 is 0.952 bits per heavy atom. The number of hydrogen-bond donors (Lipinski definition) is 0. The first-order valence-corrected chi connectivity index (χ1v) is 10.6. The molecule has 1 heterocycles. The smallest absolute Gasteiger partial charge is 0.0757 e. The van der Waals surface area contributed by atoms with Gasteiger partial charge in [0.25, 0.3) is 0 Å². The molecular weight excluding hydrogens is 476 g/mol. The molecule has 1 aromatic heterocycles. The Balaban J connectivity index is 2.58. The van der Waals surface area contributed by atoms with Crippen molar-refractivity contribution in [2.24, 2.45) is 0 Å². The van der Waals surface area contributed by atoms with E-state index in [2.05, 4.69) is 86.8 Å². The average molecular weight is 495 g/mol. The van der Waals surface area contributed by atoms with Gasteiger partial charge >= 0.3 is 0 Å². The molecule has 1 atom stereocenters. The van der Waals surface area contributed by atoms with Crippen molar-refractivity contribution >= 4 is 59.1 Å². The molecule has 0 spiro atoms. The summed E-state index contributed by atoms with van der Waals surface area (Å²) in [5.74, 6) is 0. The van der Waals surface area contributed by atoms with E-state index >= 15 is 0 Å². The van der Waals surface area contributed by atoms with Crippen LogP contribution in [-0.2, 0) is 19.3 Å². The highest BCUT2D eigenvalue weighted by atomic mass is 79.9. The molecule has 0 fully saturated rings. The SMILES string of the molecule is CCc1cc(CC)c(C(Br)c2cc(Br)sc2Br)c(CC)c1. The highest BCUT2D eigenvalue weighted by Gasteiger charge is 2.21. The Labute approximate surface area is 156 Å². The van der Waals surface area contributed by atoms with Crippen LogP contribution in [0, 0.1) is 0 Å². The molecule has 114 valence electrons. The molecule has 0 aliphatic heterocycles. The summed E-state index contributed by atoms with van der Waals surface area (Å²) in [5, 5.41) is 0. The number of benzene rings is 1. The van der Waals surface area contributed by atoms with Gasteiger partial charge in [-0.05, 0) is 85.0 Å². The predicted molar refractivity (Wildman–Crippen MR) is 105 cm³/mol. The summed E-state index contributed by atoms with van der Waals surface area (Å²) < 4.78 is 2.36. The van der Waals surface area contributed by atoms with Gasteiger partial charge in [0.15, 0.2) is 0 Å². The zero-order chi connectivity index (χ0) is 15.6. The lowest BCUT2D eigenvalue weighted by Crippen LogP contribution is -2.04. The van der Waals surface area contributed by atoms with Crippen LogP contribution in [-0.4, -0.2) is 0 Å². The van der Waals surface area contributed by atoms with Crippen molar-refractivity contribution in [3.63, 3.8) is 0 Å². The molecule has 0 saturated carbocycles. The molecule has 1 aromatic carbocycles. The molecule has 0 aliphatic carbocycles. The van der Waals surface area contributed by atoms with E-state index in [1.807, 2.05) is 0 Å². The third-order valence-corrected chi connectivity index (χ3v) is 7.13. The van der Waals surface area contributed by atoms with Crippen LogP contribution < -0.4 is 0 Å². The zero-order valence-corrected chi connectivity index (χ0v) is 18.0. The van der Waals surface area contributed by atoms with E-state index in [0.29, 0.717) is 0 Å². The summed E-state index contributed by atoms with van der Waals surface area (Å²) >= 11 is 13.0.